The van der Waals surface area contributed by atoms with Crippen LogP contribution < -0.4 is 5.32 Å². The molecule has 1 heterocycles. The van der Waals surface area contributed by atoms with Crippen molar-refractivity contribution in [3.8, 4) is 0 Å². The molecule has 0 unspecified atom stereocenters. The molecule has 0 radical (unpaired) electrons. The van der Waals surface area contributed by atoms with E-state index >= 15 is 0 Å². The first-order chi connectivity index (χ1) is 12.0. The quantitative estimate of drug-likeness (QED) is 0.695. The lowest BCUT2D eigenvalue weighted by molar-refractivity contribution is 0.0827. The molecule has 5 nitrogen and oxygen atoms in total. The molecule has 0 bridgehead atoms. The highest BCUT2D eigenvalue weighted by atomic mass is 16.3. The number of anilines is 1. The number of hydrogen-bond donors (Lipinski definition) is 1. The summed E-state index contributed by atoms with van der Waals surface area (Å²) in [4.78, 5) is 25.6. The van der Waals surface area contributed by atoms with E-state index in [1.807, 2.05) is 36.4 Å². The number of nitrogens with zero attached hydrogens (tertiary/aromatic N) is 1. The highest BCUT2D eigenvalue weighted by molar-refractivity contribution is 5.97. The van der Waals surface area contributed by atoms with Crippen molar-refractivity contribution in [3.63, 3.8) is 0 Å². The van der Waals surface area contributed by atoms with Gasteiger partial charge in [0.05, 0.1) is 0 Å². The van der Waals surface area contributed by atoms with Crippen LogP contribution in [0.4, 0.5) is 5.69 Å². The van der Waals surface area contributed by atoms with Crippen LogP contribution in [-0.4, -0.2) is 37.2 Å². The maximum atomic E-state index is 12.2. The SMILES string of the molecule is CN(C)C(=O)c1ccc(NCCC(=O)c2cc3ccccc3o2)cc1. The van der Waals surface area contributed by atoms with Gasteiger partial charge in [0.1, 0.15) is 5.58 Å². The normalized spacial score (nSPS) is 10.6. The second kappa shape index (κ2) is 7.21. The fourth-order valence-corrected chi connectivity index (χ4v) is 2.55. The molecule has 5 heteroatoms. The number of carbonyl (C=O) groups is 2. The van der Waals surface area contributed by atoms with Gasteiger partial charge in [-0.15, -0.1) is 0 Å². The molecule has 0 fully saturated rings. The average Bonchev–Trinajstić information content (AvgIpc) is 3.06. The van der Waals surface area contributed by atoms with Crippen LogP contribution >= 0.6 is 0 Å². The van der Waals surface area contributed by atoms with Crippen molar-refractivity contribution in [1.82, 2.24) is 4.90 Å². The zero-order valence-corrected chi connectivity index (χ0v) is 14.3. The van der Waals surface area contributed by atoms with E-state index in [1.165, 1.54) is 4.90 Å². The minimum absolute atomic E-state index is 0.0355. The number of Topliss-reactive ketones (excluding diaryl/α,β-unsaturated/α-hetero) is 1. The van der Waals surface area contributed by atoms with E-state index in [4.69, 9.17) is 4.42 Å². The number of carbonyl (C=O) groups excluding carboxylic acids is 2. The molecule has 3 rings (SSSR count). The Morgan fingerprint density at radius 2 is 1.76 bits per heavy atom. The number of fused-ring (bicyclic) bond motifs is 1. The Labute approximate surface area is 146 Å². The standard InChI is InChI=1S/C20H20N2O3/c1-22(2)20(24)14-7-9-16(10-8-14)21-12-11-17(23)19-13-15-5-3-4-6-18(15)25-19/h3-10,13,21H,11-12H2,1-2H3. The van der Waals surface area contributed by atoms with E-state index in [0.717, 1.165) is 16.7 Å². The molecule has 2 aromatic carbocycles. The lowest BCUT2D eigenvalue weighted by atomic mass is 10.1. The predicted molar refractivity (Wildman–Crippen MR) is 98.1 cm³/mol. The van der Waals surface area contributed by atoms with Gasteiger partial charge >= 0.3 is 0 Å². The second-order valence-electron chi connectivity index (χ2n) is 6.03. The van der Waals surface area contributed by atoms with Gasteiger partial charge in [-0.1, -0.05) is 18.2 Å². The van der Waals surface area contributed by atoms with Crippen LogP contribution in [0.2, 0.25) is 0 Å². The van der Waals surface area contributed by atoms with Crippen LogP contribution in [0.3, 0.4) is 0 Å². The fraction of sp³-hybridized carbons (Fsp3) is 0.200. The van der Waals surface area contributed by atoms with Gasteiger partial charge in [-0.2, -0.15) is 0 Å². The highest BCUT2D eigenvalue weighted by Gasteiger charge is 2.12. The number of rotatable bonds is 6. The van der Waals surface area contributed by atoms with E-state index in [1.54, 1.807) is 32.3 Å². The molecule has 0 aliphatic heterocycles. The summed E-state index contributed by atoms with van der Waals surface area (Å²) in [5.74, 6) is 0.310. The van der Waals surface area contributed by atoms with Gasteiger partial charge < -0.3 is 14.6 Å². The number of benzene rings is 2. The summed E-state index contributed by atoms with van der Waals surface area (Å²) in [6.45, 7) is 0.497. The maximum absolute atomic E-state index is 12.2. The van der Waals surface area contributed by atoms with Crippen LogP contribution in [-0.2, 0) is 0 Å². The Morgan fingerprint density at radius 1 is 1.04 bits per heavy atom. The number of amides is 1. The molecular weight excluding hydrogens is 316 g/mol. The summed E-state index contributed by atoms with van der Waals surface area (Å²) < 4.78 is 5.58. The van der Waals surface area contributed by atoms with Crippen LogP contribution in [0, 0.1) is 0 Å². The first kappa shape index (κ1) is 16.8. The monoisotopic (exact) mass is 336 g/mol. The molecule has 0 saturated heterocycles. The summed E-state index contributed by atoms with van der Waals surface area (Å²) in [6.07, 6.45) is 0.332. The predicted octanol–water partition coefficient (Wildman–Crippen LogP) is 3.82. The van der Waals surface area contributed by atoms with Gasteiger partial charge in [-0.05, 0) is 36.4 Å². The molecule has 3 aromatic rings. The summed E-state index contributed by atoms with van der Waals surface area (Å²) in [5, 5.41) is 4.12. The summed E-state index contributed by atoms with van der Waals surface area (Å²) >= 11 is 0. The van der Waals surface area contributed by atoms with Crippen molar-refractivity contribution >= 4 is 28.3 Å². The maximum Gasteiger partial charge on any atom is 0.253 e. The summed E-state index contributed by atoms with van der Waals surface area (Å²) in [7, 11) is 3.44. The average molecular weight is 336 g/mol. The van der Waals surface area contributed by atoms with Gasteiger partial charge in [-0.25, -0.2) is 0 Å². The van der Waals surface area contributed by atoms with Crippen molar-refractivity contribution in [2.45, 2.75) is 6.42 Å². The Balaban J connectivity index is 1.55. The van der Waals surface area contributed by atoms with Gasteiger partial charge in [0.25, 0.3) is 5.91 Å². The van der Waals surface area contributed by atoms with Crippen molar-refractivity contribution in [1.29, 1.82) is 0 Å². The third-order valence-corrected chi connectivity index (χ3v) is 3.92. The van der Waals surface area contributed by atoms with E-state index in [9.17, 15) is 9.59 Å². The third kappa shape index (κ3) is 3.88. The van der Waals surface area contributed by atoms with Gasteiger partial charge in [-0.3, -0.25) is 9.59 Å². The van der Waals surface area contributed by atoms with Gasteiger partial charge in [0.15, 0.2) is 11.5 Å². The van der Waals surface area contributed by atoms with Gasteiger partial charge in [0, 0.05) is 43.7 Å². The third-order valence-electron chi connectivity index (χ3n) is 3.92. The Bertz CT molecular complexity index is 862. The molecule has 1 amide bonds. The first-order valence-corrected chi connectivity index (χ1v) is 8.12. The smallest absolute Gasteiger partial charge is 0.253 e. The molecule has 128 valence electrons. The highest BCUT2D eigenvalue weighted by Crippen LogP contribution is 2.20. The van der Waals surface area contributed by atoms with Crippen molar-refractivity contribution in [2.24, 2.45) is 0 Å². The minimum Gasteiger partial charge on any atom is -0.453 e. The Morgan fingerprint density at radius 3 is 2.44 bits per heavy atom. The molecule has 0 aliphatic carbocycles. The van der Waals surface area contributed by atoms with Crippen molar-refractivity contribution in [2.75, 3.05) is 26.0 Å². The number of para-hydroxylation sites is 1. The van der Waals surface area contributed by atoms with Crippen LogP contribution in [0.1, 0.15) is 27.3 Å². The Kier molecular flexibility index (Phi) is 4.84. The van der Waals surface area contributed by atoms with Crippen molar-refractivity contribution < 1.29 is 14.0 Å². The number of ketones is 1. The lowest BCUT2D eigenvalue weighted by Crippen LogP contribution is -2.21. The molecule has 0 spiro atoms. The van der Waals surface area contributed by atoms with Crippen LogP contribution in [0.15, 0.2) is 59.0 Å². The molecule has 25 heavy (non-hydrogen) atoms. The van der Waals surface area contributed by atoms with E-state index in [-0.39, 0.29) is 11.7 Å². The second-order valence-corrected chi connectivity index (χ2v) is 6.03. The first-order valence-electron chi connectivity index (χ1n) is 8.12. The molecular formula is C20H20N2O3. The molecule has 0 aliphatic rings. The van der Waals surface area contributed by atoms with E-state index < -0.39 is 0 Å². The zero-order valence-electron chi connectivity index (χ0n) is 14.3. The van der Waals surface area contributed by atoms with E-state index in [2.05, 4.69) is 5.32 Å². The minimum atomic E-state index is -0.0388. The fourth-order valence-electron chi connectivity index (χ4n) is 2.55. The number of hydrogen-bond acceptors (Lipinski definition) is 4. The van der Waals surface area contributed by atoms with E-state index in [0.29, 0.717) is 24.3 Å². The zero-order chi connectivity index (χ0) is 17.8. The molecule has 0 atom stereocenters. The molecule has 1 aromatic heterocycles. The number of nitrogens with one attached hydrogen (secondary N) is 1. The Hall–Kier alpha value is -3.08. The largest absolute Gasteiger partial charge is 0.453 e. The molecule has 1 N–H and O–H groups in total. The van der Waals surface area contributed by atoms with Crippen LogP contribution in [0.25, 0.3) is 11.0 Å². The summed E-state index contributed by atoms with van der Waals surface area (Å²) in [5.41, 5.74) is 2.22. The van der Waals surface area contributed by atoms with Crippen LogP contribution in [0.5, 0.6) is 0 Å². The lowest BCUT2D eigenvalue weighted by Gasteiger charge is -2.11. The number of furan rings is 1. The molecule has 0 saturated carbocycles. The summed E-state index contributed by atoms with van der Waals surface area (Å²) in [6, 6.07) is 16.6. The topological polar surface area (TPSA) is 62.6 Å². The van der Waals surface area contributed by atoms with Crippen molar-refractivity contribution in [3.05, 3.63) is 65.9 Å². The van der Waals surface area contributed by atoms with Gasteiger partial charge in [0.2, 0.25) is 0 Å².